The van der Waals surface area contributed by atoms with E-state index < -0.39 is 0 Å². The number of methoxy groups -OCH3 is 4. The van der Waals surface area contributed by atoms with Crippen LogP contribution in [0.25, 0.3) is 0 Å². The fourth-order valence-corrected chi connectivity index (χ4v) is 5.02. The summed E-state index contributed by atoms with van der Waals surface area (Å²) < 4.78 is 21.9. The number of ether oxygens (including phenoxy) is 4. The number of thioether (sulfide) groups is 1. The zero-order chi connectivity index (χ0) is 25.2. The number of Topliss-reactive ketones (excluding diaryl/α,β-unsaturated/α-hetero) is 1. The van der Waals surface area contributed by atoms with Crippen molar-refractivity contribution in [2.45, 2.75) is 17.2 Å². The summed E-state index contributed by atoms with van der Waals surface area (Å²) in [6.07, 6.45) is 0.785. The maximum Gasteiger partial charge on any atom is 0.226 e. The van der Waals surface area contributed by atoms with Crippen molar-refractivity contribution in [2.24, 2.45) is 0 Å². The molecule has 1 amide bonds. The van der Waals surface area contributed by atoms with Gasteiger partial charge in [0.1, 0.15) is 5.75 Å². The molecule has 0 saturated carbocycles. The fraction of sp³-hybridized carbons (Fsp3) is 0.320. The Labute approximate surface area is 213 Å². The van der Waals surface area contributed by atoms with Gasteiger partial charge in [0.15, 0.2) is 21.6 Å². The number of rotatable bonds is 13. The monoisotopic (exact) mass is 516 g/mol. The SMILES string of the molecule is COc1ccc(C(=O)CSc2nc(CC(=O)NCCc3cc(OC)c(OC)c(OC)c3)cs2)cc1. The lowest BCUT2D eigenvalue weighted by molar-refractivity contribution is -0.120. The van der Waals surface area contributed by atoms with Gasteiger partial charge in [-0.2, -0.15) is 0 Å². The predicted molar refractivity (Wildman–Crippen MR) is 137 cm³/mol. The van der Waals surface area contributed by atoms with E-state index in [0.717, 1.165) is 9.90 Å². The van der Waals surface area contributed by atoms with E-state index in [9.17, 15) is 9.59 Å². The maximum atomic E-state index is 12.4. The molecule has 0 fully saturated rings. The van der Waals surface area contributed by atoms with E-state index in [2.05, 4.69) is 10.3 Å². The molecule has 1 aromatic heterocycles. The van der Waals surface area contributed by atoms with Crippen molar-refractivity contribution in [3.63, 3.8) is 0 Å². The lowest BCUT2D eigenvalue weighted by Gasteiger charge is -2.14. The molecule has 0 bridgehead atoms. The van der Waals surface area contributed by atoms with Gasteiger partial charge in [-0.05, 0) is 48.4 Å². The van der Waals surface area contributed by atoms with E-state index >= 15 is 0 Å². The number of nitrogens with one attached hydrogen (secondary N) is 1. The maximum absolute atomic E-state index is 12.4. The Morgan fingerprint density at radius 2 is 1.66 bits per heavy atom. The van der Waals surface area contributed by atoms with E-state index in [-0.39, 0.29) is 23.9 Å². The van der Waals surface area contributed by atoms with Crippen molar-refractivity contribution in [3.8, 4) is 23.0 Å². The topological polar surface area (TPSA) is 96.0 Å². The first-order valence-electron chi connectivity index (χ1n) is 10.8. The minimum Gasteiger partial charge on any atom is -0.497 e. The highest BCUT2D eigenvalue weighted by Gasteiger charge is 2.14. The van der Waals surface area contributed by atoms with E-state index in [1.165, 1.54) is 23.1 Å². The van der Waals surface area contributed by atoms with Gasteiger partial charge in [0.25, 0.3) is 0 Å². The first kappa shape index (κ1) is 26.4. The smallest absolute Gasteiger partial charge is 0.226 e. The highest BCUT2D eigenvalue weighted by molar-refractivity contribution is 8.01. The summed E-state index contributed by atoms with van der Waals surface area (Å²) in [6.45, 7) is 0.458. The Kier molecular flexibility index (Phi) is 9.80. The van der Waals surface area contributed by atoms with Crippen LogP contribution in [0, 0.1) is 0 Å². The first-order chi connectivity index (χ1) is 17.0. The van der Waals surface area contributed by atoms with Crippen molar-refractivity contribution in [1.82, 2.24) is 10.3 Å². The molecule has 35 heavy (non-hydrogen) atoms. The fourth-order valence-electron chi connectivity index (χ4n) is 3.28. The molecule has 186 valence electrons. The number of carbonyl (C=O) groups is 2. The molecule has 0 unspecified atom stereocenters. The Bertz CT molecular complexity index is 1120. The Hall–Kier alpha value is -3.24. The highest BCUT2D eigenvalue weighted by atomic mass is 32.2. The van der Waals surface area contributed by atoms with E-state index in [1.54, 1.807) is 52.7 Å². The third-order valence-corrected chi connectivity index (χ3v) is 7.14. The van der Waals surface area contributed by atoms with Gasteiger partial charge in [-0.15, -0.1) is 11.3 Å². The molecule has 1 heterocycles. The number of benzene rings is 2. The molecule has 0 aliphatic carbocycles. The molecule has 8 nitrogen and oxygen atoms in total. The van der Waals surface area contributed by atoms with Crippen LogP contribution in [-0.2, 0) is 17.6 Å². The predicted octanol–water partition coefficient (Wildman–Crippen LogP) is 4.05. The molecule has 1 N–H and O–H groups in total. The van der Waals surface area contributed by atoms with Crippen molar-refractivity contribution >= 4 is 34.8 Å². The first-order valence-corrected chi connectivity index (χ1v) is 12.6. The van der Waals surface area contributed by atoms with Crippen LogP contribution in [0.2, 0.25) is 0 Å². The molecule has 3 aromatic rings. The molecule has 0 atom stereocenters. The highest BCUT2D eigenvalue weighted by Crippen LogP contribution is 2.38. The molecule has 0 aliphatic heterocycles. The van der Waals surface area contributed by atoms with Gasteiger partial charge in [0, 0.05) is 17.5 Å². The zero-order valence-electron chi connectivity index (χ0n) is 20.1. The lowest BCUT2D eigenvalue weighted by Crippen LogP contribution is -2.27. The largest absolute Gasteiger partial charge is 0.497 e. The van der Waals surface area contributed by atoms with Gasteiger partial charge in [0.2, 0.25) is 11.7 Å². The van der Waals surface area contributed by atoms with Crippen LogP contribution in [0.15, 0.2) is 46.1 Å². The number of nitrogens with zero attached hydrogens (tertiary/aromatic N) is 1. The van der Waals surface area contributed by atoms with Crippen molar-refractivity contribution in [2.75, 3.05) is 40.7 Å². The number of ketones is 1. The van der Waals surface area contributed by atoms with Crippen molar-refractivity contribution < 1.29 is 28.5 Å². The molecular weight excluding hydrogens is 488 g/mol. The normalized spacial score (nSPS) is 10.5. The van der Waals surface area contributed by atoms with Crippen molar-refractivity contribution in [3.05, 3.63) is 58.6 Å². The molecule has 2 aromatic carbocycles. The van der Waals surface area contributed by atoms with Gasteiger partial charge >= 0.3 is 0 Å². The number of hydrogen-bond acceptors (Lipinski definition) is 9. The molecule has 10 heteroatoms. The molecular formula is C25H28N2O6S2. The quantitative estimate of drug-likeness (QED) is 0.269. The third kappa shape index (κ3) is 7.37. The summed E-state index contributed by atoms with van der Waals surface area (Å²) in [6, 6.07) is 10.8. The van der Waals surface area contributed by atoms with Crippen LogP contribution < -0.4 is 24.3 Å². The zero-order valence-corrected chi connectivity index (χ0v) is 21.7. The number of aromatic nitrogens is 1. The van der Waals surface area contributed by atoms with Crippen LogP contribution >= 0.6 is 23.1 Å². The summed E-state index contributed by atoms with van der Waals surface area (Å²) in [4.78, 5) is 29.2. The number of hydrogen-bond donors (Lipinski definition) is 1. The van der Waals surface area contributed by atoms with Crippen molar-refractivity contribution in [1.29, 1.82) is 0 Å². The number of thiazole rings is 1. The van der Waals surface area contributed by atoms with Crippen LogP contribution in [0.3, 0.4) is 0 Å². The minimum absolute atomic E-state index is 0.0129. The molecule has 0 aliphatic rings. The van der Waals surface area contributed by atoms with Gasteiger partial charge in [-0.25, -0.2) is 4.98 Å². The summed E-state index contributed by atoms with van der Waals surface area (Å²) in [5, 5.41) is 4.76. The van der Waals surface area contributed by atoms with Gasteiger partial charge in [0.05, 0.1) is 46.3 Å². The van der Waals surface area contributed by atoms with Crippen LogP contribution in [0.4, 0.5) is 0 Å². The average Bonchev–Trinajstić information content (AvgIpc) is 3.33. The minimum atomic E-state index is -0.117. The number of amides is 1. The van der Waals surface area contributed by atoms with Gasteiger partial charge in [-0.1, -0.05) is 11.8 Å². The Morgan fingerprint density at radius 1 is 0.971 bits per heavy atom. The number of carbonyl (C=O) groups excluding carboxylic acids is 2. The molecule has 0 spiro atoms. The molecule has 0 saturated heterocycles. The van der Waals surface area contributed by atoms with Crippen LogP contribution in [-0.4, -0.2) is 57.4 Å². The second kappa shape index (κ2) is 13.0. The second-order valence-corrected chi connectivity index (χ2v) is 9.44. The van der Waals surface area contributed by atoms with Crippen LogP contribution in [0.1, 0.15) is 21.6 Å². The standard InChI is InChI=1S/C25H28N2O6S2/c1-30-19-7-5-17(6-8-19)20(28)15-35-25-27-18(14-34-25)13-23(29)26-10-9-16-11-21(31-2)24(33-4)22(12-16)32-3/h5-8,11-12,14H,9-10,13,15H2,1-4H3,(H,26,29). The van der Waals surface area contributed by atoms with E-state index in [0.29, 0.717) is 47.2 Å². The van der Waals surface area contributed by atoms with Crippen LogP contribution in [0.5, 0.6) is 23.0 Å². The van der Waals surface area contributed by atoms with Gasteiger partial charge < -0.3 is 24.3 Å². The van der Waals surface area contributed by atoms with E-state index in [1.807, 2.05) is 17.5 Å². The van der Waals surface area contributed by atoms with Gasteiger partial charge in [-0.3, -0.25) is 9.59 Å². The average molecular weight is 517 g/mol. The summed E-state index contributed by atoms with van der Waals surface area (Å²) in [5.41, 5.74) is 2.26. The Morgan fingerprint density at radius 3 is 2.26 bits per heavy atom. The summed E-state index contributed by atoms with van der Waals surface area (Å²) >= 11 is 2.79. The third-order valence-electron chi connectivity index (χ3n) is 5.07. The molecule has 3 rings (SSSR count). The molecule has 0 radical (unpaired) electrons. The lowest BCUT2D eigenvalue weighted by atomic mass is 10.1. The summed E-state index contributed by atoms with van der Waals surface area (Å²) in [5.74, 6) is 2.57. The Balaban J connectivity index is 1.45. The van der Waals surface area contributed by atoms with E-state index in [4.69, 9.17) is 18.9 Å². The summed E-state index contributed by atoms with van der Waals surface area (Å²) in [7, 11) is 6.28. The second-order valence-electron chi connectivity index (χ2n) is 7.36.